The molecule has 194 valence electrons. The van der Waals surface area contributed by atoms with Crippen molar-refractivity contribution in [1.82, 2.24) is 5.32 Å². The number of ether oxygens (including phenoxy) is 3. The molecule has 0 saturated heterocycles. The quantitative estimate of drug-likeness (QED) is 0.432. The van der Waals surface area contributed by atoms with Crippen LogP contribution in [0.15, 0.2) is 71.1 Å². The van der Waals surface area contributed by atoms with Gasteiger partial charge in [0.2, 0.25) is 0 Å². The molecular weight excluding hydrogens is 470 g/mol. The second kappa shape index (κ2) is 11.0. The van der Waals surface area contributed by atoms with E-state index in [0.29, 0.717) is 34.7 Å². The van der Waals surface area contributed by atoms with E-state index in [1.807, 2.05) is 62.4 Å². The summed E-state index contributed by atoms with van der Waals surface area (Å²) in [6.07, 6.45) is 0.396. The van der Waals surface area contributed by atoms with Gasteiger partial charge in [0.15, 0.2) is 5.78 Å². The number of methoxy groups -OCH3 is 1. The fourth-order valence-corrected chi connectivity index (χ4v) is 5.29. The lowest BCUT2D eigenvalue weighted by Crippen LogP contribution is -2.43. The van der Waals surface area contributed by atoms with Gasteiger partial charge in [0.1, 0.15) is 11.7 Å². The van der Waals surface area contributed by atoms with E-state index in [1.54, 1.807) is 21.0 Å². The molecule has 7 heteroatoms. The summed E-state index contributed by atoms with van der Waals surface area (Å²) in [5.74, 6) is -2.93. The first-order valence-electron chi connectivity index (χ1n) is 12.6. The van der Waals surface area contributed by atoms with Crippen LogP contribution in [0.4, 0.5) is 0 Å². The number of nitrogens with one attached hydrogen (secondary N) is 1. The predicted molar refractivity (Wildman–Crippen MR) is 139 cm³/mol. The van der Waals surface area contributed by atoms with Crippen molar-refractivity contribution in [2.24, 2.45) is 5.92 Å². The molecule has 2 aliphatic rings. The normalized spacial score (nSPS) is 21.2. The largest absolute Gasteiger partial charge is 0.497 e. The van der Waals surface area contributed by atoms with Crippen LogP contribution in [0.3, 0.4) is 0 Å². The summed E-state index contributed by atoms with van der Waals surface area (Å²) >= 11 is 0. The van der Waals surface area contributed by atoms with E-state index in [1.165, 1.54) is 0 Å². The Balaban J connectivity index is 1.89. The molecule has 0 fully saturated rings. The molecule has 0 unspecified atom stereocenters. The molecule has 1 aliphatic carbocycles. The second-order valence-electron chi connectivity index (χ2n) is 9.30. The van der Waals surface area contributed by atoms with E-state index in [4.69, 9.17) is 14.2 Å². The summed E-state index contributed by atoms with van der Waals surface area (Å²) in [6.45, 7) is 7.63. The van der Waals surface area contributed by atoms with E-state index < -0.39 is 29.7 Å². The molecule has 0 saturated carbocycles. The Hall–Kier alpha value is -3.87. The molecule has 2 aromatic rings. The van der Waals surface area contributed by atoms with E-state index in [2.05, 4.69) is 5.32 Å². The van der Waals surface area contributed by atoms with Gasteiger partial charge < -0.3 is 19.5 Å². The molecule has 7 nitrogen and oxygen atoms in total. The number of hydrogen-bond donors (Lipinski definition) is 1. The Morgan fingerprint density at radius 3 is 2.32 bits per heavy atom. The number of Topliss-reactive ketones (excluding diaryl/α,β-unsaturated/α-hetero) is 1. The van der Waals surface area contributed by atoms with Crippen molar-refractivity contribution in [3.05, 3.63) is 87.8 Å². The highest BCUT2D eigenvalue weighted by Gasteiger charge is 2.49. The van der Waals surface area contributed by atoms with Crippen molar-refractivity contribution in [3.8, 4) is 5.75 Å². The number of dihydropyridines is 1. The molecule has 3 atom stereocenters. The van der Waals surface area contributed by atoms with Crippen molar-refractivity contribution in [2.75, 3.05) is 20.3 Å². The molecule has 1 N–H and O–H groups in total. The topological polar surface area (TPSA) is 90.9 Å². The average molecular weight is 504 g/mol. The minimum Gasteiger partial charge on any atom is -0.497 e. The van der Waals surface area contributed by atoms with Gasteiger partial charge in [-0.3, -0.25) is 9.59 Å². The number of carbonyl (C=O) groups is 3. The highest BCUT2D eigenvalue weighted by atomic mass is 16.5. The minimum absolute atomic E-state index is 0.159. The summed E-state index contributed by atoms with van der Waals surface area (Å²) < 4.78 is 16.2. The maximum Gasteiger partial charge on any atom is 0.336 e. The van der Waals surface area contributed by atoms with Crippen LogP contribution >= 0.6 is 0 Å². The zero-order chi connectivity index (χ0) is 26.7. The third-order valence-electron chi connectivity index (χ3n) is 6.99. The standard InChI is InChI=1S/C30H33NO6/c1-6-36-29(33)24-18(4)31-23-16-22(20-9-8-10-21(15-20)35-5)26(30(34)37-7-2)28(32)27(23)25(24)19-13-11-17(3)12-14-19/h8-15,22,25-26,31H,6-7,16H2,1-5H3/t22-,25+,26+/m0/s1. The number of aryl methyl sites for hydroxylation is 1. The third kappa shape index (κ3) is 5.03. The van der Waals surface area contributed by atoms with Gasteiger partial charge in [-0.25, -0.2) is 4.79 Å². The van der Waals surface area contributed by atoms with Gasteiger partial charge in [-0.1, -0.05) is 42.0 Å². The number of rotatable bonds is 7. The van der Waals surface area contributed by atoms with E-state index in [-0.39, 0.29) is 19.0 Å². The summed E-state index contributed by atoms with van der Waals surface area (Å²) in [7, 11) is 1.58. The van der Waals surface area contributed by atoms with Crippen LogP contribution in [-0.2, 0) is 23.9 Å². The molecule has 0 amide bonds. The molecule has 0 radical (unpaired) electrons. The number of allylic oxidation sites excluding steroid dienone is 3. The summed E-state index contributed by atoms with van der Waals surface area (Å²) in [4.78, 5) is 40.7. The molecule has 0 bridgehead atoms. The van der Waals surface area contributed by atoms with Crippen LogP contribution in [0.2, 0.25) is 0 Å². The molecule has 1 heterocycles. The van der Waals surface area contributed by atoms with Crippen LogP contribution in [-0.4, -0.2) is 38.0 Å². The van der Waals surface area contributed by atoms with Crippen molar-refractivity contribution in [2.45, 2.75) is 46.0 Å². The molecule has 0 spiro atoms. The van der Waals surface area contributed by atoms with Crippen LogP contribution in [0.1, 0.15) is 55.7 Å². The van der Waals surface area contributed by atoms with Gasteiger partial charge in [-0.2, -0.15) is 0 Å². The number of ketones is 1. The number of benzene rings is 2. The Morgan fingerprint density at radius 2 is 1.68 bits per heavy atom. The molecule has 37 heavy (non-hydrogen) atoms. The average Bonchev–Trinajstić information content (AvgIpc) is 2.88. The maximum atomic E-state index is 14.3. The number of esters is 2. The third-order valence-corrected chi connectivity index (χ3v) is 6.99. The first-order chi connectivity index (χ1) is 17.8. The van der Waals surface area contributed by atoms with Gasteiger partial charge in [0, 0.05) is 28.8 Å². The zero-order valence-corrected chi connectivity index (χ0v) is 21.9. The first-order valence-corrected chi connectivity index (χ1v) is 12.6. The lowest BCUT2D eigenvalue weighted by Gasteiger charge is -2.39. The van der Waals surface area contributed by atoms with Gasteiger partial charge in [-0.05, 0) is 57.4 Å². The first kappa shape index (κ1) is 26.2. The van der Waals surface area contributed by atoms with Crippen LogP contribution in [0.5, 0.6) is 5.75 Å². The Bertz CT molecular complexity index is 1270. The summed E-state index contributed by atoms with van der Waals surface area (Å²) in [5.41, 5.74) is 4.78. The van der Waals surface area contributed by atoms with E-state index in [0.717, 1.165) is 16.7 Å². The van der Waals surface area contributed by atoms with Crippen LogP contribution in [0, 0.1) is 12.8 Å². The fraction of sp³-hybridized carbons (Fsp3) is 0.367. The van der Waals surface area contributed by atoms with Crippen molar-refractivity contribution in [3.63, 3.8) is 0 Å². The Morgan fingerprint density at radius 1 is 0.973 bits per heavy atom. The Kier molecular flexibility index (Phi) is 7.81. The van der Waals surface area contributed by atoms with Crippen molar-refractivity contribution < 1.29 is 28.6 Å². The van der Waals surface area contributed by atoms with Gasteiger partial charge in [-0.15, -0.1) is 0 Å². The SMILES string of the molecule is CCOC(=O)C1=C(C)NC2=C(C(=O)[C@H](C(=O)OCC)[C@H](c3cccc(OC)c3)C2)[C@@H]1c1ccc(C)cc1. The summed E-state index contributed by atoms with van der Waals surface area (Å²) in [5, 5.41) is 3.32. The molecular formula is C30H33NO6. The lowest BCUT2D eigenvalue weighted by molar-refractivity contribution is -0.152. The van der Waals surface area contributed by atoms with Gasteiger partial charge >= 0.3 is 11.9 Å². The second-order valence-corrected chi connectivity index (χ2v) is 9.30. The van der Waals surface area contributed by atoms with Crippen molar-refractivity contribution in [1.29, 1.82) is 0 Å². The van der Waals surface area contributed by atoms with Crippen LogP contribution in [0.25, 0.3) is 0 Å². The summed E-state index contributed by atoms with van der Waals surface area (Å²) in [6, 6.07) is 15.2. The van der Waals surface area contributed by atoms with Crippen LogP contribution < -0.4 is 10.1 Å². The van der Waals surface area contributed by atoms with E-state index >= 15 is 0 Å². The van der Waals surface area contributed by atoms with E-state index in [9.17, 15) is 14.4 Å². The maximum absolute atomic E-state index is 14.3. The smallest absolute Gasteiger partial charge is 0.336 e. The lowest BCUT2D eigenvalue weighted by atomic mass is 9.67. The van der Waals surface area contributed by atoms with Gasteiger partial charge in [0.05, 0.1) is 25.9 Å². The highest BCUT2D eigenvalue weighted by molar-refractivity contribution is 6.13. The monoisotopic (exact) mass is 503 g/mol. The minimum atomic E-state index is -1.05. The highest BCUT2D eigenvalue weighted by Crippen LogP contribution is 2.48. The zero-order valence-electron chi connectivity index (χ0n) is 21.9. The number of hydrogen-bond acceptors (Lipinski definition) is 7. The molecule has 2 aromatic carbocycles. The van der Waals surface area contributed by atoms with Crippen molar-refractivity contribution >= 4 is 17.7 Å². The molecule has 1 aliphatic heterocycles. The molecule has 4 rings (SSSR count). The molecule has 0 aromatic heterocycles. The fourth-order valence-electron chi connectivity index (χ4n) is 5.29. The predicted octanol–water partition coefficient (Wildman–Crippen LogP) is 4.72. The van der Waals surface area contributed by atoms with Gasteiger partial charge in [0.25, 0.3) is 0 Å². The number of carbonyl (C=O) groups excluding carboxylic acids is 3. The Labute approximate surface area is 217 Å².